The SMILES string of the molecule is CCCCCCCCCCCCCCCCCC(=O)C(C(C)=O)C(=O)OCC. The number of esters is 1. The molecule has 0 heterocycles. The van der Waals surface area contributed by atoms with E-state index >= 15 is 0 Å². The van der Waals surface area contributed by atoms with Gasteiger partial charge >= 0.3 is 5.97 Å². The summed E-state index contributed by atoms with van der Waals surface area (Å²) in [7, 11) is 0. The van der Waals surface area contributed by atoms with Crippen molar-refractivity contribution in [3.05, 3.63) is 0 Å². The maximum atomic E-state index is 12.1. The Morgan fingerprint density at radius 3 is 1.39 bits per heavy atom. The average Bonchev–Trinajstić information content (AvgIpc) is 2.65. The van der Waals surface area contributed by atoms with Crippen LogP contribution in [-0.2, 0) is 19.1 Å². The lowest BCUT2D eigenvalue weighted by molar-refractivity contribution is -0.154. The second-order valence-corrected chi connectivity index (χ2v) is 7.96. The highest BCUT2D eigenvalue weighted by Crippen LogP contribution is 2.15. The van der Waals surface area contributed by atoms with Gasteiger partial charge in [0.05, 0.1) is 6.61 Å². The predicted molar refractivity (Wildman–Crippen MR) is 115 cm³/mol. The summed E-state index contributed by atoms with van der Waals surface area (Å²) < 4.78 is 4.83. The number of carbonyl (C=O) groups is 3. The van der Waals surface area contributed by atoms with Crippen molar-refractivity contribution in [1.29, 1.82) is 0 Å². The van der Waals surface area contributed by atoms with Crippen LogP contribution in [0.4, 0.5) is 0 Å². The lowest BCUT2D eigenvalue weighted by Crippen LogP contribution is -2.32. The molecular formula is C24H44O4. The molecule has 4 nitrogen and oxygen atoms in total. The van der Waals surface area contributed by atoms with Crippen molar-refractivity contribution in [3.63, 3.8) is 0 Å². The van der Waals surface area contributed by atoms with Gasteiger partial charge in [-0.15, -0.1) is 0 Å². The van der Waals surface area contributed by atoms with Crippen LogP contribution in [0.5, 0.6) is 0 Å². The fourth-order valence-electron chi connectivity index (χ4n) is 3.56. The standard InChI is InChI=1S/C24H44O4/c1-4-6-7-8-9-10-11-12-13-14-15-16-17-18-19-20-22(26)23(21(3)25)24(27)28-5-2/h23H,4-20H2,1-3H3. The molecule has 0 fully saturated rings. The van der Waals surface area contributed by atoms with Crippen LogP contribution in [0.3, 0.4) is 0 Å². The Kier molecular flexibility index (Phi) is 18.3. The van der Waals surface area contributed by atoms with Crippen molar-refractivity contribution in [2.75, 3.05) is 6.61 Å². The molecule has 164 valence electrons. The van der Waals surface area contributed by atoms with Gasteiger partial charge in [-0.25, -0.2) is 0 Å². The van der Waals surface area contributed by atoms with Gasteiger partial charge in [0.2, 0.25) is 0 Å². The first-order valence-electron chi connectivity index (χ1n) is 11.7. The van der Waals surface area contributed by atoms with Gasteiger partial charge in [-0.1, -0.05) is 96.8 Å². The van der Waals surface area contributed by atoms with E-state index in [1.165, 1.54) is 84.0 Å². The largest absolute Gasteiger partial charge is 0.465 e. The monoisotopic (exact) mass is 396 g/mol. The second kappa shape index (κ2) is 19.1. The molecule has 0 aliphatic carbocycles. The maximum absolute atomic E-state index is 12.1. The Bertz CT molecular complexity index is 417. The van der Waals surface area contributed by atoms with Crippen LogP contribution in [0, 0.1) is 5.92 Å². The van der Waals surface area contributed by atoms with E-state index in [4.69, 9.17) is 4.74 Å². The number of Topliss-reactive ketones (excluding diaryl/α,β-unsaturated/α-hetero) is 2. The van der Waals surface area contributed by atoms with E-state index in [-0.39, 0.29) is 12.4 Å². The van der Waals surface area contributed by atoms with Gasteiger partial charge < -0.3 is 4.74 Å². The van der Waals surface area contributed by atoms with Crippen molar-refractivity contribution < 1.29 is 19.1 Å². The molecule has 0 aromatic heterocycles. The number of carbonyl (C=O) groups excluding carboxylic acids is 3. The van der Waals surface area contributed by atoms with E-state index in [0.29, 0.717) is 6.42 Å². The number of rotatable bonds is 20. The summed E-state index contributed by atoms with van der Waals surface area (Å²) in [6, 6.07) is 0. The highest BCUT2D eigenvalue weighted by molar-refractivity contribution is 6.16. The summed E-state index contributed by atoms with van der Waals surface area (Å²) in [5.74, 6) is -2.61. The molecule has 28 heavy (non-hydrogen) atoms. The Morgan fingerprint density at radius 1 is 0.643 bits per heavy atom. The molecule has 0 saturated heterocycles. The fourth-order valence-corrected chi connectivity index (χ4v) is 3.56. The average molecular weight is 397 g/mol. The summed E-state index contributed by atoms with van der Waals surface area (Å²) in [4.78, 5) is 35.4. The second-order valence-electron chi connectivity index (χ2n) is 7.96. The smallest absolute Gasteiger partial charge is 0.324 e. The molecule has 0 bridgehead atoms. The number of hydrogen-bond donors (Lipinski definition) is 0. The van der Waals surface area contributed by atoms with Crippen molar-refractivity contribution in [2.45, 2.75) is 124 Å². The zero-order valence-corrected chi connectivity index (χ0v) is 18.7. The zero-order valence-electron chi connectivity index (χ0n) is 18.7. The lowest BCUT2D eigenvalue weighted by atomic mass is 9.95. The molecule has 0 rings (SSSR count). The lowest BCUT2D eigenvalue weighted by Gasteiger charge is -2.11. The third kappa shape index (κ3) is 14.8. The van der Waals surface area contributed by atoms with Gasteiger partial charge in [-0.2, -0.15) is 0 Å². The van der Waals surface area contributed by atoms with Gasteiger partial charge in [0.1, 0.15) is 0 Å². The quantitative estimate of drug-likeness (QED) is 0.132. The Balaban J connectivity index is 3.52. The van der Waals surface area contributed by atoms with Crippen LogP contribution < -0.4 is 0 Å². The molecular weight excluding hydrogens is 352 g/mol. The van der Waals surface area contributed by atoms with Gasteiger partial charge in [-0.3, -0.25) is 14.4 Å². The van der Waals surface area contributed by atoms with Crippen LogP contribution in [0.25, 0.3) is 0 Å². The summed E-state index contributed by atoms with van der Waals surface area (Å²) in [6.07, 6.45) is 19.3. The minimum absolute atomic E-state index is 0.189. The predicted octanol–water partition coefficient (Wildman–Crippen LogP) is 6.59. The van der Waals surface area contributed by atoms with Crippen molar-refractivity contribution in [3.8, 4) is 0 Å². The highest BCUT2D eigenvalue weighted by atomic mass is 16.5. The van der Waals surface area contributed by atoms with Gasteiger partial charge in [-0.05, 0) is 20.3 Å². The van der Waals surface area contributed by atoms with Gasteiger partial charge in [0, 0.05) is 6.42 Å². The van der Waals surface area contributed by atoms with Crippen molar-refractivity contribution in [1.82, 2.24) is 0 Å². The van der Waals surface area contributed by atoms with Crippen molar-refractivity contribution >= 4 is 17.5 Å². The van der Waals surface area contributed by atoms with E-state index in [2.05, 4.69) is 6.92 Å². The Morgan fingerprint density at radius 2 is 1.04 bits per heavy atom. The van der Waals surface area contributed by atoms with Gasteiger partial charge in [0.15, 0.2) is 17.5 Å². The van der Waals surface area contributed by atoms with E-state index < -0.39 is 17.7 Å². The summed E-state index contributed by atoms with van der Waals surface area (Å²) in [6.45, 7) is 5.41. The Labute approximate surface area is 173 Å². The molecule has 1 atom stereocenters. The third-order valence-corrected chi connectivity index (χ3v) is 5.28. The van der Waals surface area contributed by atoms with Gasteiger partial charge in [0.25, 0.3) is 0 Å². The number of ether oxygens (including phenoxy) is 1. The first-order valence-corrected chi connectivity index (χ1v) is 11.7. The molecule has 0 aromatic rings. The van der Waals surface area contributed by atoms with E-state index in [1.54, 1.807) is 6.92 Å². The van der Waals surface area contributed by atoms with Crippen LogP contribution in [0.15, 0.2) is 0 Å². The molecule has 1 unspecified atom stereocenters. The summed E-state index contributed by atoms with van der Waals surface area (Å²) in [5.41, 5.74) is 0. The number of hydrogen-bond acceptors (Lipinski definition) is 4. The van der Waals surface area contributed by atoms with E-state index in [1.807, 2.05) is 0 Å². The Hall–Kier alpha value is -1.19. The minimum Gasteiger partial charge on any atom is -0.465 e. The topological polar surface area (TPSA) is 60.4 Å². The highest BCUT2D eigenvalue weighted by Gasteiger charge is 2.31. The summed E-state index contributed by atoms with van der Waals surface area (Å²) in [5, 5.41) is 0. The third-order valence-electron chi connectivity index (χ3n) is 5.28. The molecule has 0 aliphatic heterocycles. The maximum Gasteiger partial charge on any atom is 0.324 e. The van der Waals surface area contributed by atoms with Crippen LogP contribution in [0.2, 0.25) is 0 Å². The molecule has 0 aromatic carbocycles. The molecule has 0 N–H and O–H groups in total. The first kappa shape index (κ1) is 26.8. The van der Waals surface area contributed by atoms with Crippen LogP contribution >= 0.6 is 0 Å². The number of unbranched alkanes of at least 4 members (excludes halogenated alkanes) is 14. The zero-order chi connectivity index (χ0) is 21.0. The molecule has 0 aliphatic rings. The summed E-state index contributed by atoms with van der Waals surface area (Å²) >= 11 is 0. The molecule has 0 saturated carbocycles. The van der Waals surface area contributed by atoms with Crippen LogP contribution in [0.1, 0.15) is 124 Å². The first-order chi connectivity index (χ1) is 13.5. The molecule has 4 heteroatoms. The molecule has 0 amide bonds. The minimum atomic E-state index is -1.22. The van der Waals surface area contributed by atoms with E-state index in [0.717, 1.165) is 19.3 Å². The normalized spacial score (nSPS) is 12.0. The molecule has 0 radical (unpaired) electrons. The van der Waals surface area contributed by atoms with Crippen molar-refractivity contribution in [2.24, 2.45) is 5.92 Å². The number of ketones is 2. The van der Waals surface area contributed by atoms with Crippen LogP contribution in [-0.4, -0.2) is 24.1 Å². The fraction of sp³-hybridized carbons (Fsp3) is 0.875. The molecule has 0 spiro atoms. The van der Waals surface area contributed by atoms with E-state index in [9.17, 15) is 14.4 Å².